The molecule has 1 amide bonds. The van der Waals surface area contributed by atoms with Gasteiger partial charge in [-0.25, -0.2) is 4.98 Å². The molecule has 0 bridgehead atoms. The highest BCUT2D eigenvalue weighted by Crippen LogP contribution is 2.40. The van der Waals surface area contributed by atoms with Gasteiger partial charge in [0.1, 0.15) is 5.03 Å². The van der Waals surface area contributed by atoms with Gasteiger partial charge in [0.05, 0.1) is 5.69 Å². The molecule has 1 aromatic rings. The predicted octanol–water partition coefficient (Wildman–Crippen LogP) is 5.23. The van der Waals surface area contributed by atoms with E-state index in [1.165, 1.54) is 23.5 Å². The van der Waals surface area contributed by atoms with E-state index >= 15 is 0 Å². The van der Waals surface area contributed by atoms with Crippen molar-refractivity contribution in [2.24, 2.45) is 11.8 Å². The molecule has 7 heteroatoms. The Kier molecular flexibility index (Phi) is 6.53. The number of alkyl halides is 2. The lowest BCUT2D eigenvalue weighted by Gasteiger charge is -2.31. The van der Waals surface area contributed by atoms with Crippen molar-refractivity contribution in [2.75, 3.05) is 17.8 Å². The minimum Gasteiger partial charge on any atom is -0.318 e. The fraction of sp³-hybridized carbons (Fsp3) is 0.647. The van der Waals surface area contributed by atoms with Crippen molar-refractivity contribution < 1.29 is 13.6 Å². The van der Waals surface area contributed by atoms with E-state index in [9.17, 15) is 13.6 Å². The summed E-state index contributed by atoms with van der Waals surface area (Å²) in [5.74, 6) is -4.97. The van der Waals surface area contributed by atoms with Crippen LogP contribution in [0, 0.1) is 18.8 Å². The molecule has 0 atom stereocenters. The Morgan fingerprint density at radius 3 is 2.42 bits per heavy atom. The van der Waals surface area contributed by atoms with Crippen molar-refractivity contribution in [3.05, 3.63) is 11.8 Å². The molecule has 1 heterocycles. The summed E-state index contributed by atoms with van der Waals surface area (Å²) in [4.78, 5) is 17.4. The highest BCUT2D eigenvalue weighted by molar-refractivity contribution is 7.99. The monoisotopic (exact) mass is 374 g/mol. The molecule has 0 radical (unpaired) electrons. The zero-order valence-electron chi connectivity index (χ0n) is 14.5. The van der Waals surface area contributed by atoms with Crippen LogP contribution < -0.4 is 5.32 Å². The Balaban J connectivity index is 2.22. The zero-order chi connectivity index (χ0) is 17.9. The second-order valence-corrected chi connectivity index (χ2v) is 8.03. The molecule has 1 aliphatic rings. The van der Waals surface area contributed by atoms with Crippen LogP contribution in [0.5, 0.6) is 0 Å². The first-order valence-corrected chi connectivity index (χ1v) is 10.5. The number of nitrogens with zero attached hydrogens (tertiary/aromatic N) is 1. The van der Waals surface area contributed by atoms with Gasteiger partial charge in [-0.3, -0.25) is 4.79 Å². The van der Waals surface area contributed by atoms with Gasteiger partial charge in [-0.2, -0.15) is 8.78 Å². The van der Waals surface area contributed by atoms with E-state index < -0.39 is 17.7 Å². The molecule has 3 nitrogen and oxygen atoms in total. The minimum absolute atomic E-state index is 0.398. The summed E-state index contributed by atoms with van der Waals surface area (Å²) in [5, 5.41) is 3.03. The van der Waals surface area contributed by atoms with Crippen molar-refractivity contribution in [1.82, 2.24) is 4.98 Å². The van der Waals surface area contributed by atoms with E-state index in [0.29, 0.717) is 29.5 Å². The van der Waals surface area contributed by atoms with Gasteiger partial charge in [0.2, 0.25) is 0 Å². The van der Waals surface area contributed by atoms with Crippen LogP contribution in [0.1, 0.15) is 38.3 Å². The molecule has 134 valence electrons. The maximum atomic E-state index is 14.6. The lowest BCUT2D eigenvalue weighted by Crippen LogP contribution is -2.43. The quantitative estimate of drug-likeness (QED) is 0.716. The molecule has 1 aromatic heterocycles. The summed E-state index contributed by atoms with van der Waals surface area (Å²) in [6, 6.07) is 1.81. The van der Waals surface area contributed by atoms with E-state index in [0.717, 1.165) is 23.4 Å². The number of nitrogens with one attached hydrogen (secondary N) is 1. The lowest BCUT2D eigenvalue weighted by atomic mass is 9.79. The molecule has 1 saturated carbocycles. The highest BCUT2D eigenvalue weighted by Gasteiger charge is 2.48. The molecule has 1 aliphatic carbocycles. The van der Waals surface area contributed by atoms with Gasteiger partial charge in [0, 0.05) is 16.5 Å². The van der Waals surface area contributed by atoms with Crippen molar-refractivity contribution in [1.29, 1.82) is 0 Å². The smallest absolute Gasteiger partial charge is 0.318 e. The Morgan fingerprint density at radius 1 is 1.25 bits per heavy atom. The summed E-state index contributed by atoms with van der Waals surface area (Å²) in [6.07, 6.45) is 5.99. The SMILES string of the molecule is CSc1cc(C)nc(SC)c1NC(=O)C(F)(F)C1CCC(C)CC1. The van der Waals surface area contributed by atoms with Gasteiger partial charge in [-0.1, -0.05) is 19.8 Å². The molecule has 0 saturated heterocycles. The fourth-order valence-electron chi connectivity index (χ4n) is 3.04. The van der Waals surface area contributed by atoms with Crippen molar-refractivity contribution in [3.63, 3.8) is 0 Å². The molecule has 0 aliphatic heterocycles. The minimum atomic E-state index is -3.35. The number of rotatable bonds is 5. The van der Waals surface area contributed by atoms with Crippen LogP contribution in [-0.2, 0) is 4.79 Å². The first-order chi connectivity index (χ1) is 11.3. The molecule has 0 aromatic carbocycles. The number of carbonyl (C=O) groups is 1. The first-order valence-electron chi connectivity index (χ1n) is 8.08. The molecule has 0 spiro atoms. The van der Waals surface area contributed by atoms with Crippen LogP contribution in [-0.4, -0.2) is 29.3 Å². The van der Waals surface area contributed by atoms with E-state index in [2.05, 4.69) is 17.2 Å². The van der Waals surface area contributed by atoms with Crippen molar-refractivity contribution in [2.45, 2.75) is 55.4 Å². The van der Waals surface area contributed by atoms with Crippen LogP contribution in [0.15, 0.2) is 16.0 Å². The van der Waals surface area contributed by atoms with Crippen molar-refractivity contribution >= 4 is 35.1 Å². The maximum absolute atomic E-state index is 14.6. The number of hydrogen-bond donors (Lipinski definition) is 1. The number of anilines is 1. The van der Waals surface area contributed by atoms with Crippen LogP contribution in [0.2, 0.25) is 0 Å². The van der Waals surface area contributed by atoms with Crippen molar-refractivity contribution in [3.8, 4) is 0 Å². The van der Waals surface area contributed by atoms with Gasteiger partial charge >= 0.3 is 5.92 Å². The van der Waals surface area contributed by atoms with E-state index in [-0.39, 0.29) is 0 Å². The fourth-order valence-corrected chi connectivity index (χ4v) is 4.35. The van der Waals surface area contributed by atoms with Crippen LogP contribution in [0.4, 0.5) is 14.5 Å². The van der Waals surface area contributed by atoms with Gasteiger partial charge in [0.25, 0.3) is 5.91 Å². The topological polar surface area (TPSA) is 42.0 Å². The summed E-state index contributed by atoms with van der Waals surface area (Å²) >= 11 is 2.76. The van der Waals surface area contributed by atoms with E-state index in [4.69, 9.17) is 0 Å². The lowest BCUT2D eigenvalue weighted by molar-refractivity contribution is -0.150. The van der Waals surface area contributed by atoms with Gasteiger partial charge in [-0.05, 0) is 44.3 Å². The van der Waals surface area contributed by atoms with E-state index in [1.807, 2.05) is 19.4 Å². The Labute approximate surface area is 150 Å². The van der Waals surface area contributed by atoms with Crippen LogP contribution >= 0.6 is 23.5 Å². The predicted molar refractivity (Wildman–Crippen MR) is 97.2 cm³/mol. The standard InChI is InChI=1S/C17H24F2N2OS2/c1-10-5-7-12(8-6-10)17(18,19)16(22)21-14-13(23-3)9-11(2)20-15(14)24-4/h9-10,12H,5-8H2,1-4H3,(H,21,22). The largest absolute Gasteiger partial charge is 0.327 e. The number of pyridine rings is 1. The number of amides is 1. The molecule has 24 heavy (non-hydrogen) atoms. The van der Waals surface area contributed by atoms with Crippen LogP contribution in [0.25, 0.3) is 0 Å². The number of hydrogen-bond acceptors (Lipinski definition) is 4. The molecule has 1 fully saturated rings. The summed E-state index contributed by atoms with van der Waals surface area (Å²) < 4.78 is 29.2. The zero-order valence-corrected chi connectivity index (χ0v) is 16.1. The average molecular weight is 375 g/mol. The average Bonchev–Trinajstić information content (AvgIpc) is 2.56. The number of thioether (sulfide) groups is 2. The van der Waals surface area contributed by atoms with E-state index in [1.54, 1.807) is 6.07 Å². The second kappa shape index (κ2) is 8.04. The molecule has 0 unspecified atom stereocenters. The number of aromatic nitrogens is 1. The van der Waals surface area contributed by atoms with Crippen LogP contribution in [0.3, 0.4) is 0 Å². The second-order valence-electron chi connectivity index (χ2n) is 6.38. The number of carbonyl (C=O) groups excluding carboxylic acids is 1. The van der Waals surface area contributed by atoms with Gasteiger partial charge in [0.15, 0.2) is 0 Å². The summed E-state index contributed by atoms with van der Waals surface area (Å²) in [5.41, 5.74) is 1.20. The third-order valence-corrected chi connectivity index (χ3v) is 6.01. The Morgan fingerprint density at radius 2 is 1.88 bits per heavy atom. The number of halogens is 2. The highest BCUT2D eigenvalue weighted by atomic mass is 32.2. The molecular formula is C17H24F2N2OS2. The number of aryl methyl sites for hydroxylation is 1. The molecular weight excluding hydrogens is 350 g/mol. The normalized spacial score (nSPS) is 21.6. The third kappa shape index (κ3) is 4.23. The first kappa shape index (κ1) is 19.5. The Hall–Kier alpha value is -0.820. The Bertz CT molecular complexity index is 577. The molecule has 2 rings (SSSR count). The summed E-state index contributed by atoms with van der Waals surface area (Å²) in [6.45, 7) is 3.92. The van der Waals surface area contributed by atoms with Gasteiger partial charge in [-0.15, -0.1) is 23.5 Å². The molecule has 1 N–H and O–H groups in total. The maximum Gasteiger partial charge on any atom is 0.327 e. The summed E-state index contributed by atoms with van der Waals surface area (Å²) in [7, 11) is 0. The third-order valence-electron chi connectivity index (χ3n) is 4.56. The van der Waals surface area contributed by atoms with Gasteiger partial charge < -0.3 is 5.32 Å².